The van der Waals surface area contributed by atoms with Gasteiger partial charge in [0.25, 0.3) is 0 Å². The second kappa shape index (κ2) is 8.27. The molecule has 5 nitrogen and oxygen atoms in total. The van der Waals surface area contributed by atoms with Gasteiger partial charge in [-0.15, -0.1) is 0 Å². The van der Waals surface area contributed by atoms with Crippen molar-refractivity contribution >= 4 is 29.1 Å². The summed E-state index contributed by atoms with van der Waals surface area (Å²) in [6, 6.07) is 6.54. The highest BCUT2D eigenvalue weighted by Gasteiger charge is 2.34. The predicted octanol–water partition coefficient (Wildman–Crippen LogP) is 4.01. The highest BCUT2D eigenvalue weighted by molar-refractivity contribution is 6.31. The van der Waals surface area contributed by atoms with Crippen molar-refractivity contribution in [3.8, 4) is 0 Å². The molecular weight excluding hydrogens is 373 g/mol. The number of nitrogens with zero attached hydrogens (tertiary/aromatic N) is 1. The van der Waals surface area contributed by atoms with Gasteiger partial charge in [0.2, 0.25) is 11.8 Å². The molecule has 1 aromatic carbocycles. The molecule has 0 unspecified atom stereocenters. The zero-order chi connectivity index (χ0) is 19.3. The Hall–Kier alpha value is -2.48. The molecule has 26 heavy (non-hydrogen) atoms. The van der Waals surface area contributed by atoms with Crippen LogP contribution in [-0.2, 0) is 22.3 Å². The Morgan fingerprint density at radius 1 is 1.27 bits per heavy atom. The Morgan fingerprint density at radius 2 is 2.00 bits per heavy atom. The van der Waals surface area contributed by atoms with Crippen LogP contribution in [0.3, 0.4) is 0 Å². The van der Waals surface area contributed by atoms with Gasteiger partial charge >= 0.3 is 6.18 Å². The molecule has 0 saturated carbocycles. The van der Waals surface area contributed by atoms with Crippen molar-refractivity contribution in [1.29, 1.82) is 0 Å². The highest BCUT2D eigenvalue weighted by atomic mass is 35.5. The van der Waals surface area contributed by atoms with Crippen molar-refractivity contribution in [2.24, 2.45) is 0 Å². The van der Waals surface area contributed by atoms with Gasteiger partial charge in [0.15, 0.2) is 0 Å². The molecule has 0 atom stereocenters. The quantitative estimate of drug-likeness (QED) is 0.813. The number of hydrogen-bond acceptors (Lipinski definition) is 3. The SMILES string of the molecule is CC(=O)N(CCC(=O)NCc1ccco1)c1ccc(Cl)c(C(F)(F)F)c1. The first-order valence-corrected chi connectivity index (χ1v) is 8.00. The number of rotatable bonds is 6. The zero-order valence-electron chi connectivity index (χ0n) is 13.8. The number of benzene rings is 1. The molecule has 0 aliphatic heterocycles. The van der Waals surface area contributed by atoms with Crippen LogP contribution in [0.2, 0.25) is 5.02 Å². The summed E-state index contributed by atoms with van der Waals surface area (Å²) in [7, 11) is 0. The van der Waals surface area contributed by atoms with Crippen molar-refractivity contribution in [2.75, 3.05) is 11.4 Å². The maximum Gasteiger partial charge on any atom is 0.417 e. The molecule has 0 aliphatic carbocycles. The molecule has 1 heterocycles. The van der Waals surface area contributed by atoms with Gasteiger partial charge in [-0.3, -0.25) is 9.59 Å². The number of hydrogen-bond donors (Lipinski definition) is 1. The fraction of sp³-hybridized carbons (Fsp3) is 0.294. The summed E-state index contributed by atoms with van der Waals surface area (Å²) in [6.45, 7) is 1.33. The van der Waals surface area contributed by atoms with Gasteiger partial charge in [-0.05, 0) is 30.3 Å². The average molecular weight is 389 g/mol. The monoisotopic (exact) mass is 388 g/mol. The standard InChI is InChI=1S/C17H16ClF3N2O3/c1-11(24)23(7-6-16(25)22-10-13-3-2-8-26-13)12-4-5-15(18)14(9-12)17(19,20)21/h2-5,8-9H,6-7,10H2,1H3,(H,22,25). The first-order chi connectivity index (χ1) is 12.2. The Kier molecular flexibility index (Phi) is 6.31. The van der Waals surface area contributed by atoms with Crippen LogP contribution in [0.15, 0.2) is 41.0 Å². The molecule has 2 aromatic rings. The lowest BCUT2D eigenvalue weighted by molar-refractivity contribution is -0.137. The second-order valence-corrected chi connectivity index (χ2v) is 5.85. The van der Waals surface area contributed by atoms with Gasteiger partial charge in [0, 0.05) is 25.6 Å². The molecular formula is C17H16ClF3N2O3. The van der Waals surface area contributed by atoms with Gasteiger partial charge in [-0.2, -0.15) is 13.2 Å². The molecule has 2 amide bonds. The minimum atomic E-state index is -4.64. The first kappa shape index (κ1) is 19.8. The summed E-state index contributed by atoms with van der Waals surface area (Å²) in [5.41, 5.74) is -1.02. The summed E-state index contributed by atoms with van der Waals surface area (Å²) in [4.78, 5) is 24.8. The topological polar surface area (TPSA) is 62.6 Å². The summed E-state index contributed by atoms with van der Waals surface area (Å²) < 4.78 is 44.0. The van der Waals surface area contributed by atoms with E-state index in [1.165, 1.54) is 19.3 Å². The molecule has 1 aromatic heterocycles. The molecule has 2 rings (SSSR count). The van der Waals surface area contributed by atoms with E-state index >= 15 is 0 Å². The van der Waals surface area contributed by atoms with Crippen LogP contribution in [0.5, 0.6) is 0 Å². The van der Waals surface area contributed by atoms with Gasteiger partial charge in [0.1, 0.15) is 5.76 Å². The second-order valence-electron chi connectivity index (χ2n) is 5.44. The van der Waals surface area contributed by atoms with E-state index in [2.05, 4.69) is 5.32 Å². The summed E-state index contributed by atoms with van der Waals surface area (Å²) in [5, 5.41) is 2.15. The van der Waals surface area contributed by atoms with E-state index in [9.17, 15) is 22.8 Å². The molecule has 0 saturated heterocycles. The van der Waals surface area contributed by atoms with Crippen LogP contribution in [0.4, 0.5) is 18.9 Å². The number of anilines is 1. The predicted molar refractivity (Wildman–Crippen MR) is 89.7 cm³/mol. The van der Waals surface area contributed by atoms with E-state index in [1.807, 2.05) is 0 Å². The van der Waals surface area contributed by atoms with Crippen LogP contribution < -0.4 is 10.2 Å². The molecule has 1 N–H and O–H groups in total. The lowest BCUT2D eigenvalue weighted by atomic mass is 10.1. The fourth-order valence-electron chi connectivity index (χ4n) is 2.27. The Bertz CT molecular complexity index is 776. The Labute approximate surface area is 152 Å². The van der Waals surface area contributed by atoms with Crippen LogP contribution >= 0.6 is 11.6 Å². The molecule has 0 radical (unpaired) electrons. The maximum absolute atomic E-state index is 13.0. The largest absolute Gasteiger partial charge is 0.467 e. The maximum atomic E-state index is 13.0. The Balaban J connectivity index is 2.04. The third-order valence-electron chi connectivity index (χ3n) is 3.55. The lowest BCUT2D eigenvalue weighted by Crippen LogP contribution is -2.33. The van der Waals surface area contributed by atoms with Gasteiger partial charge < -0.3 is 14.6 Å². The fourth-order valence-corrected chi connectivity index (χ4v) is 2.49. The minimum absolute atomic E-state index is 0.0214. The average Bonchev–Trinajstić information content (AvgIpc) is 3.06. The number of amides is 2. The van der Waals surface area contributed by atoms with Crippen LogP contribution in [0, 0.1) is 0 Å². The highest BCUT2D eigenvalue weighted by Crippen LogP contribution is 2.37. The van der Waals surface area contributed by atoms with E-state index in [1.54, 1.807) is 12.1 Å². The third kappa shape index (κ3) is 5.26. The molecule has 0 bridgehead atoms. The van der Waals surface area contributed by atoms with Crippen molar-refractivity contribution in [3.63, 3.8) is 0 Å². The smallest absolute Gasteiger partial charge is 0.417 e. The van der Waals surface area contributed by atoms with E-state index in [-0.39, 0.29) is 31.1 Å². The van der Waals surface area contributed by atoms with Crippen LogP contribution in [-0.4, -0.2) is 18.4 Å². The molecule has 0 aliphatic rings. The number of alkyl halides is 3. The van der Waals surface area contributed by atoms with E-state index in [0.29, 0.717) is 5.76 Å². The molecule has 0 spiro atoms. The van der Waals surface area contributed by atoms with E-state index in [4.69, 9.17) is 16.0 Å². The van der Waals surface area contributed by atoms with Crippen molar-refractivity contribution < 1.29 is 27.2 Å². The van der Waals surface area contributed by atoms with E-state index in [0.717, 1.165) is 17.0 Å². The first-order valence-electron chi connectivity index (χ1n) is 7.62. The van der Waals surface area contributed by atoms with E-state index < -0.39 is 22.7 Å². The normalized spacial score (nSPS) is 11.3. The Morgan fingerprint density at radius 3 is 2.58 bits per heavy atom. The van der Waals surface area contributed by atoms with Gasteiger partial charge in [-0.25, -0.2) is 0 Å². The molecule has 140 valence electrons. The summed E-state index contributed by atoms with van der Waals surface area (Å²) >= 11 is 5.59. The molecule has 9 heteroatoms. The molecule has 0 fully saturated rings. The summed E-state index contributed by atoms with van der Waals surface area (Å²) in [6.07, 6.45) is -3.25. The van der Waals surface area contributed by atoms with Crippen LogP contribution in [0.1, 0.15) is 24.7 Å². The number of carbonyl (C=O) groups is 2. The summed E-state index contributed by atoms with van der Waals surface area (Å²) in [5.74, 6) is -0.286. The number of nitrogens with one attached hydrogen (secondary N) is 1. The van der Waals surface area contributed by atoms with Crippen LogP contribution in [0.25, 0.3) is 0 Å². The minimum Gasteiger partial charge on any atom is -0.467 e. The number of halogens is 4. The van der Waals surface area contributed by atoms with Gasteiger partial charge in [-0.1, -0.05) is 11.6 Å². The number of furan rings is 1. The zero-order valence-corrected chi connectivity index (χ0v) is 14.5. The third-order valence-corrected chi connectivity index (χ3v) is 3.88. The van der Waals surface area contributed by atoms with Crippen molar-refractivity contribution in [2.45, 2.75) is 26.1 Å². The van der Waals surface area contributed by atoms with Crippen molar-refractivity contribution in [3.05, 3.63) is 52.9 Å². The number of carbonyl (C=O) groups excluding carboxylic acids is 2. The van der Waals surface area contributed by atoms with Gasteiger partial charge in [0.05, 0.1) is 23.4 Å². The van der Waals surface area contributed by atoms with Crippen molar-refractivity contribution in [1.82, 2.24) is 5.32 Å². The lowest BCUT2D eigenvalue weighted by Gasteiger charge is -2.22.